The Morgan fingerprint density at radius 2 is 2.33 bits per heavy atom. The lowest BCUT2D eigenvalue weighted by molar-refractivity contribution is 1.13. The van der Waals surface area contributed by atoms with Crippen molar-refractivity contribution in [3.8, 4) is 0 Å². The highest BCUT2D eigenvalue weighted by Gasteiger charge is 1.88. The van der Waals surface area contributed by atoms with Crippen molar-refractivity contribution in [3.05, 3.63) is 22.8 Å². The van der Waals surface area contributed by atoms with E-state index in [2.05, 4.69) is 20.9 Å². The molecule has 0 fully saturated rings. The van der Waals surface area contributed by atoms with Gasteiger partial charge in [0.15, 0.2) is 0 Å². The molecule has 0 bridgehead atoms. The van der Waals surface area contributed by atoms with E-state index in [4.69, 9.17) is 5.14 Å². The first kappa shape index (κ1) is 7.05. The quantitative estimate of drug-likeness (QED) is 0.710. The molecule has 0 unspecified atom stereocenters. The predicted molar refractivity (Wildman–Crippen MR) is 42.0 cm³/mol. The number of rotatable bonds is 1. The third-order valence-corrected chi connectivity index (χ3v) is 1.77. The van der Waals surface area contributed by atoms with Crippen molar-refractivity contribution in [1.82, 2.24) is 4.98 Å². The number of pyridine rings is 1. The summed E-state index contributed by atoms with van der Waals surface area (Å²) in [6.07, 6.45) is 1.72. The molecule has 1 heterocycles. The maximum atomic E-state index is 5.24. The second kappa shape index (κ2) is 3.20. The summed E-state index contributed by atoms with van der Waals surface area (Å²) >= 11 is 4.41. The van der Waals surface area contributed by atoms with Crippen molar-refractivity contribution in [3.63, 3.8) is 0 Å². The Morgan fingerprint density at radius 3 is 2.78 bits per heavy atom. The van der Waals surface area contributed by atoms with E-state index < -0.39 is 0 Å². The van der Waals surface area contributed by atoms with Crippen molar-refractivity contribution >= 4 is 27.9 Å². The zero-order valence-electron chi connectivity index (χ0n) is 4.54. The molecule has 0 amide bonds. The maximum Gasteiger partial charge on any atom is 0.111 e. The zero-order chi connectivity index (χ0) is 6.69. The summed E-state index contributed by atoms with van der Waals surface area (Å²) in [6, 6.07) is 3.76. The van der Waals surface area contributed by atoms with Gasteiger partial charge in [0, 0.05) is 10.7 Å². The second-order valence-corrected chi connectivity index (χ2v) is 3.00. The predicted octanol–water partition coefficient (Wildman–Crippen LogP) is 1.81. The first-order chi connectivity index (χ1) is 4.33. The van der Waals surface area contributed by atoms with E-state index >= 15 is 0 Å². The molecule has 0 saturated heterocycles. The van der Waals surface area contributed by atoms with E-state index in [0.717, 1.165) is 21.4 Å². The first-order valence-corrected chi connectivity index (χ1v) is 3.98. The summed E-state index contributed by atoms with van der Waals surface area (Å²) in [5.74, 6) is 0. The molecule has 1 rings (SSSR count). The molecule has 4 heteroatoms. The summed E-state index contributed by atoms with van der Waals surface area (Å²) < 4.78 is 0.973. The van der Waals surface area contributed by atoms with E-state index in [1.165, 1.54) is 0 Å². The van der Waals surface area contributed by atoms with Gasteiger partial charge in [0.2, 0.25) is 0 Å². The Morgan fingerprint density at radius 1 is 1.56 bits per heavy atom. The van der Waals surface area contributed by atoms with Gasteiger partial charge in [-0.15, -0.1) is 0 Å². The number of nitrogens with two attached hydrogens (primary N) is 1. The SMILES string of the molecule is NSc1ccc(Br)cn1. The van der Waals surface area contributed by atoms with Gasteiger partial charge in [0.05, 0.1) is 0 Å². The summed E-state index contributed by atoms with van der Waals surface area (Å²) in [7, 11) is 0. The highest BCUT2D eigenvalue weighted by atomic mass is 79.9. The van der Waals surface area contributed by atoms with Crippen LogP contribution in [-0.2, 0) is 0 Å². The second-order valence-electron chi connectivity index (χ2n) is 1.43. The smallest absolute Gasteiger partial charge is 0.111 e. The molecule has 0 spiro atoms. The topological polar surface area (TPSA) is 38.9 Å². The molecule has 0 aliphatic rings. The fraction of sp³-hybridized carbons (Fsp3) is 0. The van der Waals surface area contributed by atoms with Gasteiger partial charge in [-0.25, -0.2) is 4.98 Å². The third-order valence-electron chi connectivity index (χ3n) is 0.821. The average molecular weight is 205 g/mol. The normalized spacial score (nSPS) is 9.56. The molecule has 0 atom stereocenters. The van der Waals surface area contributed by atoms with Crippen LogP contribution >= 0.6 is 27.9 Å². The summed E-state index contributed by atoms with van der Waals surface area (Å²) in [6.45, 7) is 0. The van der Waals surface area contributed by atoms with Crippen LogP contribution in [0, 0.1) is 0 Å². The Balaban J connectivity index is 2.88. The molecule has 0 aliphatic carbocycles. The minimum atomic E-state index is 0.832. The van der Waals surface area contributed by atoms with Crippen molar-refractivity contribution < 1.29 is 0 Å². The molecule has 0 aromatic carbocycles. The highest BCUT2D eigenvalue weighted by molar-refractivity contribution is 9.10. The van der Waals surface area contributed by atoms with Gasteiger partial charge in [-0.05, 0) is 40.0 Å². The van der Waals surface area contributed by atoms with Gasteiger partial charge < -0.3 is 0 Å². The summed E-state index contributed by atoms with van der Waals surface area (Å²) in [4.78, 5) is 3.99. The Labute approximate surface area is 66.1 Å². The fourth-order valence-electron chi connectivity index (χ4n) is 0.432. The number of hydrogen-bond donors (Lipinski definition) is 1. The van der Waals surface area contributed by atoms with Crippen LogP contribution in [0.3, 0.4) is 0 Å². The van der Waals surface area contributed by atoms with E-state index in [1.807, 2.05) is 12.1 Å². The molecule has 2 nitrogen and oxygen atoms in total. The molecular weight excluding hydrogens is 200 g/mol. The van der Waals surface area contributed by atoms with E-state index in [1.54, 1.807) is 6.20 Å². The minimum Gasteiger partial charge on any atom is -0.272 e. The fourth-order valence-corrected chi connectivity index (χ4v) is 0.927. The summed E-state index contributed by atoms with van der Waals surface area (Å²) in [5, 5.41) is 6.07. The highest BCUT2D eigenvalue weighted by Crippen LogP contribution is 2.11. The van der Waals surface area contributed by atoms with Crippen LogP contribution in [0.15, 0.2) is 27.8 Å². The molecule has 0 radical (unpaired) electrons. The van der Waals surface area contributed by atoms with Gasteiger partial charge in [0.1, 0.15) is 5.03 Å². The molecule has 1 aromatic rings. The van der Waals surface area contributed by atoms with Crippen LogP contribution in [0.25, 0.3) is 0 Å². The van der Waals surface area contributed by atoms with Crippen molar-refractivity contribution in [2.24, 2.45) is 5.14 Å². The number of nitrogens with zero attached hydrogens (tertiary/aromatic N) is 1. The van der Waals surface area contributed by atoms with Crippen LogP contribution in [0.2, 0.25) is 0 Å². The van der Waals surface area contributed by atoms with Crippen LogP contribution in [0.5, 0.6) is 0 Å². The largest absolute Gasteiger partial charge is 0.272 e. The lowest BCUT2D eigenvalue weighted by Crippen LogP contribution is -1.82. The van der Waals surface area contributed by atoms with Crippen molar-refractivity contribution in [2.45, 2.75) is 5.03 Å². The molecule has 0 saturated carbocycles. The third kappa shape index (κ3) is 1.97. The molecule has 0 aliphatic heterocycles. The van der Waals surface area contributed by atoms with Crippen LogP contribution < -0.4 is 5.14 Å². The van der Waals surface area contributed by atoms with Crippen molar-refractivity contribution in [1.29, 1.82) is 0 Å². The lowest BCUT2D eigenvalue weighted by atomic mass is 10.5. The van der Waals surface area contributed by atoms with E-state index in [0.29, 0.717) is 0 Å². The molecule has 9 heavy (non-hydrogen) atoms. The molecule has 48 valence electrons. The van der Waals surface area contributed by atoms with E-state index in [-0.39, 0.29) is 0 Å². The minimum absolute atomic E-state index is 0.832. The molecule has 2 N–H and O–H groups in total. The van der Waals surface area contributed by atoms with Crippen LogP contribution in [0.1, 0.15) is 0 Å². The van der Waals surface area contributed by atoms with Gasteiger partial charge in [0.25, 0.3) is 0 Å². The standard InChI is InChI=1S/C5H5BrN2S/c6-4-1-2-5(9-7)8-3-4/h1-3H,7H2. The Bertz CT molecular complexity index is 187. The number of aromatic nitrogens is 1. The average Bonchev–Trinajstić information content (AvgIpc) is 1.90. The van der Waals surface area contributed by atoms with E-state index in [9.17, 15) is 0 Å². The van der Waals surface area contributed by atoms with Gasteiger partial charge in [-0.1, -0.05) is 0 Å². The molecular formula is C5H5BrN2S. The van der Waals surface area contributed by atoms with Crippen LogP contribution in [0.4, 0.5) is 0 Å². The van der Waals surface area contributed by atoms with Crippen molar-refractivity contribution in [2.75, 3.05) is 0 Å². The number of halogens is 1. The van der Waals surface area contributed by atoms with Gasteiger partial charge in [-0.2, -0.15) is 0 Å². The number of hydrogen-bond acceptors (Lipinski definition) is 3. The van der Waals surface area contributed by atoms with Gasteiger partial charge in [-0.3, -0.25) is 5.14 Å². The summed E-state index contributed by atoms with van der Waals surface area (Å²) in [5.41, 5.74) is 0. The zero-order valence-corrected chi connectivity index (χ0v) is 6.95. The van der Waals surface area contributed by atoms with Crippen LogP contribution in [-0.4, -0.2) is 4.98 Å². The maximum absolute atomic E-state index is 5.24. The first-order valence-electron chi connectivity index (χ1n) is 2.31. The monoisotopic (exact) mass is 204 g/mol. The van der Waals surface area contributed by atoms with Gasteiger partial charge >= 0.3 is 0 Å². The Hall–Kier alpha value is -0.0600. The lowest BCUT2D eigenvalue weighted by Gasteiger charge is -1.91. The Kier molecular flexibility index (Phi) is 2.50. The molecule has 1 aromatic heterocycles.